The number of carboxylic acids is 1. The van der Waals surface area contributed by atoms with Crippen molar-refractivity contribution < 1.29 is 14.5 Å². The Kier molecular flexibility index (Phi) is 3.79. The highest BCUT2D eigenvalue weighted by atomic mass is 32.2. The summed E-state index contributed by atoms with van der Waals surface area (Å²) in [5.74, 6) is -0.0408. The molecule has 2 heterocycles. The highest BCUT2D eigenvalue weighted by Crippen LogP contribution is 2.26. The second-order valence-corrected chi connectivity index (χ2v) is 4.89. The first-order valence-electron chi connectivity index (χ1n) is 5.48. The van der Waals surface area contributed by atoms with E-state index in [1.807, 2.05) is 0 Å². The van der Waals surface area contributed by atoms with Crippen molar-refractivity contribution in [1.29, 1.82) is 0 Å². The standard InChI is InChI=1S/C11H12N4O3S/c1-5-8(15-18-14-5)4-19-10-9(11(16)17)6(2)12-7(3)13-10/h4H2,1-3H3,(H,16,17). The largest absolute Gasteiger partial charge is 0.478 e. The van der Waals surface area contributed by atoms with Crippen LogP contribution in [0.25, 0.3) is 0 Å². The SMILES string of the molecule is Cc1nc(C)c(C(=O)O)c(SCc2nonc2C)n1. The van der Waals surface area contributed by atoms with Crippen molar-refractivity contribution in [3.8, 4) is 0 Å². The summed E-state index contributed by atoms with van der Waals surface area (Å²) in [6.07, 6.45) is 0. The second-order valence-electron chi connectivity index (χ2n) is 3.93. The van der Waals surface area contributed by atoms with Gasteiger partial charge in [-0.25, -0.2) is 19.4 Å². The van der Waals surface area contributed by atoms with E-state index >= 15 is 0 Å². The smallest absolute Gasteiger partial charge is 0.340 e. The van der Waals surface area contributed by atoms with Crippen molar-refractivity contribution in [2.24, 2.45) is 0 Å². The molecule has 2 aromatic heterocycles. The Hall–Kier alpha value is -1.96. The molecule has 2 aromatic rings. The molecule has 0 spiro atoms. The normalized spacial score (nSPS) is 10.7. The molecule has 0 saturated carbocycles. The fraction of sp³-hybridized carbons (Fsp3) is 0.364. The maximum absolute atomic E-state index is 11.2. The molecule has 1 N–H and O–H groups in total. The van der Waals surface area contributed by atoms with Gasteiger partial charge in [0.05, 0.1) is 5.69 Å². The van der Waals surface area contributed by atoms with Gasteiger partial charge in [-0.2, -0.15) is 0 Å². The minimum atomic E-state index is -1.03. The molecular weight excluding hydrogens is 268 g/mol. The van der Waals surface area contributed by atoms with E-state index in [4.69, 9.17) is 0 Å². The van der Waals surface area contributed by atoms with E-state index < -0.39 is 5.97 Å². The maximum Gasteiger partial charge on any atom is 0.340 e. The topological polar surface area (TPSA) is 102 Å². The molecule has 0 aliphatic heterocycles. The third-order valence-corrected chi connectivity index (χ3v) is 3.46. The lowest BCUT2D eigenvalue weighted by Crippen LogP contribution is -2.08. The minimum Gasteiger partial charge on any atom is -0.478 e. The summed E-state index contributed by atoms with van der Waals surface area (Å²) in [6, 6.07) is 0. The molecule has 2 rings (SSSR count). The van der Waals surface area contributed by atoms with E-state index in [-0.39, 0.29) is 5.56 Å². The molecule has 100 valence electrons. The molecule has 0 unspecified atom stereocenters. The van der Waals surface area contributed by atoms with Gasteiger partial charge in [0.1, 0.15) is 27.8 Å². The Balaban J connectivity index is 2.29. The average Bonchev–Trinajstić information content (AvgIpc) is 2.70. The van der Waals surface area contributed by atoms with Gasteiger partial charge in [0.2, 0.25) is 0 Å². The number of aromatic nitrogens is 4. The van der Waals surface area contributed by atoms with Crippen molar-refractivity contribution in [3.05, 3.63) is 28.5 Å². The number of nitrogens with zero attached hydrogens (tertiary/aromatic N) is 4. The van der Waals surface area contributed by atoms with Crippen molar-refractivity contribution >= 4 is 17.7 Å². The van der Waals surface area contributed by atoms with Crippen LogP contribution in [-0.4, -0.2) is 31.4 Å². The van der Waals surface area contributed by atoms with Crippen LogP contribution >= 0.6 is 11.8 Å². The zero-order valence-corrected chi connectivity index (χ0v) is 11.5. The van der Waals surface area contributed by atoms with Gasteiger partial charge in [-0.3, -0.25) is 0 Å². The van der Waals surface area contributed by atoms with E-state index in [2.05, 4.69) is 24.9 Å². The number of carbonyl (C=O) groups is 1. The van der Waals surface area contributed by atoms with Gasteiger partial charge in [-0.05, 0) is 20.8 Å². The summed E-state index contributed by atoms with van der Waals surface area (Å²) in [7, 11) is 0. The summed E-state index contributed by atoms with van der Waals surface area (Å²) >= 11 is 1.28. The van der Waals surface area contributed by atoms with Crippen molar-refractivity contribution in [2.45, 2.75) is 31.6 Å². The van der Waals surface area contributed by atoms with E-state index in [0.29, 0.717) is 33.7 Å². The zero-order chi connectivity index (χ0) is 14.0. The number of aryl methyl sites for hydroxylation is 3. The fourth-order valence-electron chi connectivity index (χ4n) is 1.55. The highest BCUT2D eigenvalue weighted by molar-refractivity contribution is 7.98. The number of aromatic carboxylic acids is 1. The molecule has 8 heteroatoms. The third-order valence-electron chi connectivity index (χ3n) is 2.47. The van der Waals surface area contributed by atoms with Gasteiger partial charge >= 0.3 is 5.97 Å². The molecule has 0 radical (unpaired) electrons. The van der Waals surface area contributed by atoms with Gasteiger partial charge < -0.3 is 5.11 Å². The Bertz CT molecular complexity index is 626. The molecule has 7 nitrogen and oxygen atoms in total. The second kappa shape index (κ2) is 5.35. The molecule has 0 atom stereocenters. The molecule has 0 bridgehead atoms. The van der Waals surface area contributed by atoms with Gasteiger partial charge in [0.25, 0.3) is 0 Å². The molecule has 0 aliphatic rings. The molecule has 0 aliphatic carbocycles. The van der Waals surface area contributed by atoms with Gasteiger partial charge in [0.15, 0.2) is 0 Å². The molecule has 0 fully saturated rings. The Morgan fingerprint density at radius 3 is 2.53 bits per heavy atom. The summed E-state index contributed by atoms with van der Waals surface area (Å²) in [4.78, 5) is 19.5. The first-order valence-corrected chi connectivity index (χ1v) is 6.47. The van der Waals surface area contributed by atoms with Crippen LogP contribution in [0, 0.1) is 20.8 Å². The quantitative estimate of drug-likeness (QED) is 0.667. The van der Waals surface area contributed by atoms with E-state index in [1.165, 1.54) is 11.8 Å². The summed E-state index contributed by atoms with van der Waals surface area (Å²) in [5.41, 5.74) is 1.95. The van der Waals surface area contributed by atoms with Gasteiger partial charge in [-0.1, -0.05) is 22.1 Å². The van der Waals surface area contributed by atoms with Crippen molar-refractivity contribution in [2.75, 3.05) is 0 Å². The zero-order valence-electron chi connectivity index (χ0n) is 10.7. The lowest BCUT2D eigenvalue weighted by molar-refractivity contribution is 0.0690. The van der Waals surface area contributed by atoms with E-state index in [9.17, 15) is 9.90 Å². The fourth-order valence-corrected chi connectivity index (χ4v) is 2.66. The minimum absolute atomic E-state index is 0.129. The van der Waals surface area contributed by atoms with Crippen LogP contribution < -0.4 is 0 Å². The summed E-state index contributed by atoms with van der Waals surface area (Å²) in [6.45, 7) is 5.16. The lowest BCUT2D eigenvalue weighted by Gasteiger charge is -2.07. The van der Waals surface area contributed by atoms with Crippen LogP contribution in [0.3, 0.4) is 0 Å². The molecule has 0 saturated heterocycles. The number of hydrogen-bond acceptors (Lipinski definition) is 7. The molecule has 19 heavy (non-hydrogen) atoms. The average molecular weight is 280 g/mol. The molecular formula is C11H12N4O3S. The predicted molar refractivity (Wildman–Crippen MR) is 67.1 cm³/mol. The first-order chi connectivity index (χ1) is 8.99. The molecule has 0 aromatic carbocycles. The van der Waals surface area contributed by atoms with Crippen LogP contribution in [0.2, 0.25) is 0 Å². The first kappa shape index (κ1) is 13.5. The van der Waals surface area contributed by atoms with Crippen LogP contribution in [0.1, 0.15) is 33.3 Å². The number of hydrogen-bond donors (Lipinski definition) is 1. The van der Waals surface area contributed by atoms with Crippen molar-refractivity contribution in [1.82, 2.24) is 20.3 Å². The summed E-state index contributed by atoms with van der Waals surface area (Å²) < 4.78 is 4.60. The highest BCUT2D eigenvalue weighted by Gasteiger charge is 2.18. The number of thioether (sulfide) groups is 1. The lowest BCUT2D eigenvalue weighted by atomic mass is 10.2. The Morgan fingerprint density at radius 2 is 1.95 bits per heavy atom. The van der Waals surface area contributed by atoms with Crippen LogP contribution in [0.5, 0.6) is 0 Å². The van der Waals surface area contributed by atoms with Crippen molar-refractivity contribution in [3.63, 3.8) is 0 Å². The van der Waals surface area contributed by atoms with Gasteiger partial charge in [0, 0.05) is 5.75 Å². The molecule has 0 amide bonds. The Labute approximate surface area is 113 Å². The number of rotatable bonds is 4. The maximum atomic E-state index is 11.2. The predicted octanol–water partition coefficient (Wildman–Crippen LogP) is 1.78. The van der Waals surface area contributed by atoms with Crippen LogP contribution in [-0.2, 0) is 5.75 Å². The third kappa shape index (κ3) is 2.90. The van der Waals surface area contributed by atoms with E-state index in [0.717, 1.165) is 0 Å². The summed E-state index contributed by atoms with van der Waals surface area (Å²) in [5, 5.41) is 17.1. The van der Waals surface area contributed by atoms with Crippen LogP contribution in [0.15, 0.2) is 9.65 Å². The van der Waals surface area contributed by atoms with Crippen LogP contribution in [0.4, 0.5) is 0 Å². The monoisotopic (exact) mass is 280 g/mol. The Morgan fingerprint density at radius 1 is 1.21 bits per heavy atom. The van der Waals surface area contributed by atoms with E-state index in [1.54, 1.807) is 20.8 Å². The van der Waals surface area contributed by atoms with Gasteiger partial charge in [-0.15, -0.1) is 0 Å². The number of carboxylic acid groups (broad SMARTS) is 1.